The average Bonchev–Trinajstić information content (AvgIpc) is 2.45. The van der Waals surface area contributed by atoms with Gasteiger partial charge in [0.25, 0.3) is 0 Å². The second-order valence-corrected chi connectivity index (χ2v) is 5.97. The molecule has 0 aliphatic rings. The van der Waals surface area contributed by atoms with Gasteiger partial charge in [-0.1, -0.05) is 75.6 Å². The fourth-order valence-electron chi connectivity index (χ4n) is 1.86. The Bertz CT molecular complexity index is 359. The van der Waals surface area contributed by atoms with Crippen molar-refractivity contribution in [3.63, 3.8) is 0 Å². The molecule has 1 nitrogen and oxygen atoms in total. The van der Waals surface area contributed by atoms with Crippen molar-refractivity contribution < 1.29 is 5.11 Å². The average molecular weight is 278 g/mol. The van der Waals surface area contributed by atoms with Crippen LogP contribution in [-0.2, 0) is 0 Å². The van der Waals surface area contributed by atoms with Crippen molar-refractivity contribution in [2.45, 2.75) is 63.4 Å². The van der Waals surface area contributed by atoms with Crippen molar-refractivity contribution in [1.82, 2.24) is 0 Å². The fraction of sp³-hybridized carbons (Fsp3) is 0.529. The van der Waals surface area contributed by atoms with Crippen molar-refractivity contribution in [2.75, 3.05) is 0 Å². The molecule has 2 heteroatoms. The monoisotopic (exact) mass is 278 g/mol. The van der Waals surface area contributed by atoms with Gasteiger partial charge in [-0.3, -0.25) is 0 Å². The molecule has 0 fully saturated rings. The minimum absolute atomic E-state index is 0.304. The molecule has 0 aliphatic heterocycles. The molecule has 106 valence electrons. The van der Waals surface area contributed by atoms with E-state index in [2.05, 4.69) is 32.1 Å². The summed E-state index contributed by atoms with van der Waals surface area (Å²) in [4.78, 5) is 2.33. The van der Waals surface area contributed by atoms with E-state index in [1.54, 1.807) is 11.8 Å². The maximum atomic E-state index is 10.3. The number of aliphatic hydroxyl groups excluding tert-OH is 1. The Balaban J connectivity index is 2.65. The van der Waals surface area contributed by atoms with Crippen molar-refractivity contribution in [3.8, 4) is 0 Å². The van der Waals surface area contributed by atoms with Crippen LogP contribution in [0.3, 0.4) is 0 Å². The molecule has 0 saturated heterocycles. The summed E-state index contributed by atoms with van der Waals surface area (Å²) in [6, 6.07) is 10.3. The second-order valence-electron chi connectivity index (χ2n) is 4.82. The first-order chi connectivity index (χ1) is 9.27. The Morgan fingerprint density at radius 2 is 1.84 bits per heavy atom. The molecular weight excluding hydrogens is 252 g/mol. The Morgan fingerprint density at radius 3 is 2.47 bits per heavy atom. The van der Waals surface area contributed by atoms with Crippen LogP contribution in [0.1, 0.15) is 52.4 Å². The molecule has 0 aromatic heterocycles. The van der Waals surface area contributed by atoms with Crippen LogP contribution >= 0.6 is 11.8 Å². The van der Waals surface area contributed by atoms with E-state index >= 15 is 0 Å². The summed E-state index contributed by atoms with van der Waals surface area (Å²) in [7, 11) is 0. The minimum Gasteiger partial charge on any atom is -0.388 e. The van der Waals surface area contributed by atoms with Gasteiger partial charge in [-0.15, -0.1) is 0 Å². The Kier molecular flexibility index (Phi) is 8.68. The van der Waals surface area contributed by atoms with Gasteiger partial charge in [0.15, 0.2) is 0 Å². The summed E-state index contributed by atoms with van der Waals surface area (Å²) in [5.41, 5.74) is 0. The van der Waals surface area contributed by atoms with Gasteiger partial charge in [0.2, 0.25) is 0 Å². The zero-order valence-corrected chi connectivity index (χ0v) is 13.0. The minimum atomic E-state index is -0.304. The Morgan fingerprint density at radius 1 is 1.16 bits per heavy atom. The highest BCUT2D eigenvalue weighted by molar-refractivity contribution is 8.03. The van der Waals surface area contributed by atoms with Crippen LogP contribution in [0.5, 0.6) is 0 Å². The lowest BCUT2D eigenvalue weighted by Crippen LogP contribution is -2.08. The molecule has 0 heterocycles. The second kappa shape index (κ2) is 10.1. The molecule has 0 bridgehead atoms. The molecule has 0 saturated carbocycles. The number of aliphatic hydroxyl groups is 1. The van der Waals surface area contributed by atoms with Crippen LogP contribution in [0, 0.1) is 0 Å². The Labute approximate surface area is 122 Å². The topological polar surface area (TPSA) is 20.2 Å². The molecular formula is C17H26OS. The van der Waals surface area contributed by atoms with E-state index in [-0.39, 0.29) is 6.10 Å². The largest absolute Gasteiger partial charge is 0.388 e. The standard InChI is InChI=1S/C17H26OS/c1-3-5-8-14-17(16(18)13-6-4-2)19-15-11-9-7-10-12-15/h7,9-12,14,16,18H,3-6,8,13H2,1-2H3/b17-14+. The normalized spacial score (nSPS) is 13.5. The van der Waals surface area contributed by atoms with Gasteiger partial charge in [0.05, 0.1) is 6.10 Å². The summed E-state index contributed by atoms with van der Waals surface area (Å²) >= 11 is 1.71. The lowest BCUT2D eigenvalue weighted by molar-refractivity contribution is 0.205. The van der Waals surface area contributed by atoms with Crippen LogP contribution in [0.25, 0.3) is 0 Å². The third-order valence-corrected chi connectivity index (χ3v) is 4.22. The Hall–Kier alpha value is -0.730. The van der Waals surface area contributed by atoms with Crippen LogP contribution in [0.4, 0.5) is 0 Å². The van der Waals surface area contributed by atoms with Crippen LogP contribution < -0.4 is 0 Å². The van der Waals surface area contributed by atoms with Crippen LogP contribution in [-0.4, -0.2) is 11.2 Å². The van der Waals surface area contributed by atoms with Crippen LogP contribution in [0.15, 0.2) is 46.2 Å². The molecule has 0 aliphatic carbocycles. The molecule has 1 rings (SSSR count). The number of allylic oxidation sites excluding steroid dienone is 1. The maximum absolute atomic E-state index is 10.3. The summed E-state index contributed by atoms with van der Waals surface area (Å²) < 4.78 is 0. The molecule has 19 heavy (non-hydrogen) atoms. The van der Waals surface area contributed by atoms with E-state index in [0.717, 1.165) is 30.6 Å². The zero-order valence-electron chi connectivity index (χ0n) is 12.1. The SMILES string of the molecule is CCCC/C=C(/Sc1ccccc1)C(O)CCCC. The van der Waals surface area contributed by atoms with E-state index in [1.807, 2.05) is 18.2 Å². The van der Waals surface area contributed by atoms with Crippen molar-refractivity contribution in [2.24, 2.45) is 0 Å². The molecule has 1 aromatic rings. The van der Waals surface area contributed by atoms with Gasteiger partial charge in [-0.05, 0) is 25.0 Å². The van der Waals surface area contributed by atoms with Crippen molar-refractivity contribution >= 4 is 11.8 Å². The van der Waals surface area contributed by atoms with E-state index in [4.69, 9.17) is 0 Å². The third-order valence-electron chi connectivity index (χ3n) is 3.04. The van der Waals surface area contributed by atoms with Gasteiger partial charge in [0.1, 0.15) is 0 Å². The number of hydrogen-bond acceptors (Lipinski definition) is 2. The number of thioether (sulfide) groups is 1. The number of unbranched alkanes of at least 4 members (excludes halogenated alkanes) is 3. The van der Waals surface area contributed by atoms with E-state index in [9.17, 15) is 5.11 Å². The fourth-order valence-corrected chi connectivity index (χ4v) is 2.88. The zero-order chi connectivity index (χ0) is 13.9. The number of hydrogen-bond donors (Lipinski definition) is 1. The summed E-state index contributed by atoms with van der Waals surface area (Å²) in [5.74, 6) is 0. The molecule has 1 atom stereocenters. The van der Waals surface area contributed by atoms with Crippen LogP contribution in [0.2, 0.25) is 0 Å². The summed E-state index contributed by atoms with van der Waals surface area (Å²) in [6.07, 6.45) is 8.47. The number of rotatable bonds is 9. The predicted molar refractivity (Wildman–Crippen MR) is 85.4 cm³/mol. The predicted octanol–water partition coefficient (Wildman–Crippen LogP) is 5.40. The van der Waals surface area contributed by atoms with Gasteiger partial charge < -0.3 is 5.11 Å². The molecule has 0 spiro atoms. The lowest BCUT2D eigenvalue weighted by atomic mass is 10.1. The van der Waals surface area contributed by atoms with Crippen molar-refractivity contribution in [3.05, 3.63) is 41.3 Å². The van der Waals surface area contributed by atoms with Gasteiger partial charge in [-0.25, -0.2) is 0 Å². The highest BCUT2D eigenvalue weighted by atomic mass is 32.2. The molecule has 0 radical (unpaired) electrons. The summed E-state index contributed by atoms with van der Waals surface area (Å²) in [5, 5.41) is 10.3. The molecule has 1 N–H and O–H groups in total. The maximum Gasteiger partial charge on any atom is 0.0848 e. The van der Waals surface area contributed by atoms with Gasteiger partial charge in [0, 0.05) is 9.80 Å². The first-order valence-electron chi connectivity index (χ1n) is 7.39. The first kappa shape index (κ1) is 16.3. The number of benzene rings is 1. The highest BCUT2D eigenvalue weighted by Gasteiger charge is 2.11. The quantitative estimate of drug-likeness (QED) is 0.482. The molecule has 0 amide bonds. The highest BCUT2D eigenvalue weighted by Crippen LogP contribution is 2.31. The van der Waals surface area contributed by atoms with Gasteiger partial charge >= 0.3 is 0 Å². The molecule has 1 aromatic carbocycles. The third kappa shape index (κ3) is 6.84. The molecule has 1 unspecified atom stereocenters. The smallest absolute Gasteiger partial charge is 0.0848 e. The van der Waals surface area contributed by atoms with E-state index < -0.39 is 0 Å². The lowest BCUT2D eigenvalue weighted by Gasteiger charge is -2.14. The van der Waals surface area contributed by atoms with E-state index in [1.165, 1.54) is 17.7 Å². The van der Waals surface area contributed by atoms with E-state index in [0.29, 0.717) is 0 Å². The first-order valence-corrected chi connectivity index (χ1v) is 8.20. The summed E-state index contributed by atoms with van der Waals surface area (Å²) in [6.45, 7) is 4.36. The van der Waals surface area contributed by atoms with Gasteiger partial charge in [-0.2, -0.15) is 0 Å². The van der Waals surface area contributed by atoms with Crippen molar-refractivity contribution in [1.29, 1.82) is 0 Å².